The smallest absolute Gasteiger partial charge is 0.422 e. The van der Waals surface area contributed by atoms with Crippen LogP contribution >= 0.6 is 0 Å². The van der Waals surface area contributed by atoms with Crippen LogP contribution in [-0.2, 0) is 19.7 Å². The Hall–Kier alpha value is -2.94. The molecule has 2 aromatic rings. The normalized spacial score (nSPS) is 15.2. The maximum Gasteiger partial charge on any atom is 0.422 e. The number of amides is 1. The van der Waals surface area contributed by atoms with Crippen LogP contribution in [-0.4, -0.2) is 79.1 Å². The van der Waals surface area contributed by atoms with Crippen molar-refractivity contribution in [3.8, 4) is 5.75 Å². The summed E-state index contributed by atoms with van der Waals surface area (Å²) in [6.45, 7) is -1.89. The lowest BCUT2D eigenvalue weighted by atomic mass is 10.1. The predicted molar refractivity (Wildman–Crippen MR) is 119 cm³/mol. The summed E-state index contributed by atoms with van der Waals surface area (Å²) in [6.07, 6.45) is -3.10. The summed E-state index contributed by atoms with van der Waals surface area (Å²) in [5.74, 6) is -3.40. The van der Waals surface area contributed by atoms with E-state index < -0.39 is 66.2 Å². The molecule has 0 unspecified atom stereocenters. The van der Waals surface area contributed by atoms with E-state index in [1.54, 1.807) is 0 Å². The van der Waals surface area contributed by atoms with Crippen LogP contribution in [0.4, 0.5) is 27.6 Å². The van der Waals surface area contributed by atoms with Crippen LogP contribution < -0.4 is 9.64 Å². The average molecular weight is 557 g/mol. The molecule has 0 N–H and O–H groups in total. The minimum atomic E-state index is -4.70. The maximum atomic E-state index is 14.5. The van der Waals surface area contributed by atoms with E-state index in [0.29, 0.717) is 6.07 Å². The molecule has 1 aliphatic rings. The van der Waals surface area contributed by atoms with Gasteiger partial charge in [0.1, 0.15) is 22.3 Å². The third-order valence-electron chi connectivity index (χ3n) is 5.31. The molecule has 0 saturated carbocycles. The first-order valence-corrected chi connectivity index (χ1v) is 14.0. The Labute approximate surface area is 204 Å². The number of piperazine rings is 1. The molecule has 0 atom stereocenters. The van der Waals surface area contributed by atoms with Gasteiger partial charge in [0, 0.05) is 44.8 Å². The number of ether oxygens (including phenoxy) is 1. The minimum absolute atomic E-state index is 0.0230. The molecule has 3 rings (SSSR count). The van der Waals surface area contributed by atoms with Crippen LogP contribution in [0.5, 0.6) is 5.75 Å². The van der Waals surface area contributed by atoms with E-state index in [1.165, 1.54) is 9.80 Å². The van der Waals surface area contributed by atoms with Crippen molar-refractivity contribution in [3.05, 3.63) is 47.5 Å². The summed E-state index contributed by atoms with van der Waals surface area (Å²) in [4.78, 5) is 14.6. The minimum Gasteiger partial charge on any atom is -0.483 e. The molecule has 0 aliphatic carbocycles. The Kier molecular flexibility index (Phi) is 7.56. The first-order valence-electron chi connectivity index (χ1n) is 10.2. The quantitative estimate of drug-likeness (QED) is 0.505. The van der Waals surface area contributed by atoms with Gasteiger partial charge in [0.2, 0.25) is 0 Å². The maximum absolute atomic E-state index is 14.5. The second-order valence-electron chi connectivity index (χ2n) is 8.12. The fourth-order valence-electron chi connectivity index (χ4n) is 3.56. The van der Waals surface area contributed by atoms with E-state index >= 15 is 0 Å². The van der Waals surface area contributed by atoms with Crippen LogP contribution in [0.1, 0.15) is 10.4 Å². The first kappa shape index (κ1) is 27.6. The van der Waals surface area contributed by atoms with Gasteiger partial charge in [-0.25, -0.2) is 25.6 Å². The summed E-state index contributed by atoms with van der Waals surface area (Å²) in [5.41, 5.74) is -0.620. The fraction of sp³-hybridized carbons (Fsp3) is 0.381. The highest BCUT2D eigenvalue weighted by molar-refractivity contribution is 7.91. The van der Waals surface area contributed by atoms with E-state index in [-0.39, 0.29) is 36.8 Å². The van der Waals surface area contributed by atoms with Crippen molar-refractivity contribution in [2.24, 2.45) is 0 Å². The van der Waals surface area contributed by atoms with Crippen LogP contribution in [0.3, 0.4) is 0 Å². The zero-order chi connectivity index (χ0) is 27.1. The molecular formula is C21H21F5N2O6S2. The molecule has 0 bridgehead atoms. The number of carbonyl (C=O) groups excluding carboxylic acids is 1. The number of halogens is 5. The van der Waals surface area contributed by atoms with Gasteiger partial charge in [-0.2, -0.15) is 13.2 Å². The SMILES string of the molecule is CS(=O)(=O)c1ccc(OCC(F)(F)F)c(C(=O)N2CCN(c3cc(F)c(S(C)(=O)=O)cc3F)CC2)c1. The Bertz CT molecular complexity index is 1390. The van der Waals surface area contributed by atoms with Crippen molar-refractivity contribution in [3.63, 3.8) is 0 Å². The van der Waals surface area contributed by atoms with Gasteiger partial charge in [0.25, 0.3) is 5.91 Å². The third-order valence-corrected chi connectivity index (χ3v) is 7.53. The van der Waals surface area contributed by atoms with Gasteiger partial charge in [-0.3, -0.25) is 4.79 Å². The Morgan fingerprint density at radius 2 is 1.53 bits per heavy atom. The van der Waals surface area contributed by atoms with Crippen molar-refractivity contribution in [1.82, 2.24) is 4.90 Å². The highest BCUT2D eigenvalue weighted by Crippen LogP contribution is 2.29. The van der Waals surface area contributed by atoms with Crippen LogP contribution in [0.25, 0.3) is 0 Å². The molecule has 1 amide bonds. The molecule has 36 heavy (non-hydrogen) atoms. The summed E-state index contributed by atoms with van der Waals surface area (Å²) < 4.78 is 118. The standard InChI is InChI=1S/C21H21F5N2O6S2/c1-35(30,31)13-3-4-18(34-12-21(24,25)26)14(9-13)20(29)28-7-5-27(6-8-28)17-10-16(23)19(11-15(17)22)36(2,32)33/h3-4,9-11H,5-8,12H2,1-2H3. The lowest BCUT2D eigenvalue weighted by Crippen LogP contribution is -2.49. The second kappa shape index (κ2) is 9.84. The molecule has 0 radical (unpaired) electrons. The van der Waals surface area contributed by atoms with Gasteiger partial charge in [-0.15, -0.1) is 0 Å². The summed E-state index contributed by atoms with van der Waals surface area (Å²) >= 11 is 0. The zero-order valence-electron chi connectivity index (χ0n) is 19.0. The van der Waals surface area contributed by atoms with Crippen molar-refractivity contribution in [2.45, 2.75) is 16.0 Å². The number of carbonyl (C=O) groups is 1. The predicted octanol–water partition coefficient (Wildman–Crippen LogP) is 2.68. The van der Waals surface area contributed by atoms with Crippen LogP contribution in [0.15, 0.2) is 40.1 Å². The van der Waals surface area contributed by atoms with Gasteiger partial charge in [0.05, 0.1) is 16.1 Å². The lowest BCUT2D eigenvalue weighted by molar-refractivity contribution is -0.153. The number of nitrogens with zero attached hydrogens (tertiary/aromatic N) is 2. The van der Waals surface area contributed by atoms with Crippen LogP contribution in [0, 0.1) is 11.6 Å². The second-order valence-corrected chi connectivity index (χ2v) is 12.1. The van der Waals surface area contributed by atoms with Gasteiger partial charge >= 0.3 is 6.18 Å². The molecule has 0 aromatic heterocycles. The molecule has 1 saturated heterocycles. The van der Waals surface area contributed by atoms with Crippen LogP contribution in [0.2, 0.25) is 0 Å². The zero-order valence-corrected chi connectivity index (χ0v) is 20.6. The number of sulfone groups is 2. The number of hydrogen-bond acceptors (Lipinski definition) is 7. The van der Waals surface area contributed by atoms with E-state index in [1.807, 2.05) is 0 Å². The van der Waals surface area contributed by atoms with Gasteiger partial charge < -0.3 is 14.5 Å². The van der Waals surface area contributed by atoms with Gasteiger partial charge in [-0.1, -0.05) is 0 Å². The number of benzene rings is 2. The molecule has 1 heterocycles. The topological polar surface area (TPSA) is 101 Å². The fourth-order valence-corrected chi connectivity index (χ4v) is 4.94. The molecule has 1 aliphatic heterocycles. The molecule has 198 valence electrons. The Morgan fingerprint density at radius 3 is 2.06 bits per heavy atom. The Balaban J connectivity index is 1.83. The molecular weight excluding hydrogens is 535 g/mol. The molecule has 8 nitrogen and oxygen atoms in total. The van der Waals surface area contributed by atoms with Gasteiger partial charge in [0.15, 0.2) is 26.3 Å². The highest BCUT2D eigenvalue weighted by Gasteiger charge is 2.31. The number of hydrogen-bond donors (Lipinski definition) is 0. The number of rotatable bonds is 6. The third kappa shape index (κ3) is 6.43. The molecule has 15 heteroatoms. The Morgan fingerprint density at radius 1 is 0.917 bits per heavy atom. The lowest BCUT2D eigenvalue weighted by Gasteiger charge is -2.36. The number of alkyl halides is 3. The monoisotopic (exact) mass is 556 g/mol. The van der Waals surface area contributed by atoms with E-state index in [2.05, 4.69) is 0 Å². The largest absolute Gasteiger partial charge is 0.483 e. The summed E-state index contributed by atoms with van der Waals surface area (Å²) in [6, 6.07) is 4.22. The average Bonchev–Trinajstić information content (AvgIpc) is 2.76. The first-order chi connectivity index (χ1) is 16.5. The van der Waals surface area contributed by atoms with Crippen molar-refractivity contribution in [1.29, 1.82) is 0 Å². The van der Waals surface area contributed by atoms with E-state index in [9.17, 15) is 43.6 Å². The molecule has 1 fully saturated rings. The highest BCUT2D eigenvalue weighted by atomic mass is 32.2. The number of anilines is 1. The van der Waals surface area contributed by atoms with E-state index in [4.69, 9.17) is 4.74 Å². The van der Waals surface area contributed by atoms with Gasteiger partial charge in [-0.05, 0) is 24.3 Å². The van der Waals surface area contributed by atoms with Crippen molar-refractivity contribution < 1.29 is 48.3 Å². The summed E-state index contributed by atoms with van der Waals surface area (Å²) in [5, 5.41) is 0. The van der Waals surface area contributed by atoms with Crippen molar-refractivity contribution in [2.75, 3.05) is 50.2 Å². The summed E-state index contributed by atoms with van der Waals surface area (Å²) in [7, 11) is -7.79. The van der Waals surface area contributed by atoms with E-state index in [0.717, 1.165) is 36.8 Å². The molecule has 0 spiro atoms. The molecule has 2 aromatic carbocycles. The van der Waals surface area contributed by atoms with Crippen molar-refractivity contribution >= 4 is 31.3 Å².